The van der Waals surface area contributed by atoms with Crippen molar-refractivity contribution in [1.29, 1.82) is 0 Å². The number of hydrogen-bond donors (Lipinski definition) is 2. The first-order valence-electron chi connectivity index (χ1n) is 6.43. The summed E-state index contributed by atoms with van der Waals surface area (Å²) in [6.07, 6.45) is 2.32. The molecule has 0 aliphatic rings. The van der Waals surface area contributed by atoms with Gasteiger partial charge in [-0.25, -0.2) is 0 Å². The van der Waals surface area contributed by atoms with E-state index in [1.54, 1.807) is 18.2 Å². The number of anilines is 1. The first-order chi connectivity index (χ1) is 11.0. The Morgan fingerprint density at radius 3 is 2.70 bits per heavy atom. The average Bonchev–Trinajstić information content (AvgIpc) is 2.96. The first-order valence-corrected chi connectivity index (χ1v) is 7.22. The van der Waals surface area contributed by atoms with Crippen molar-refractivity contribution in [3.63, 3.8) is 0 Å². The standard InChI is InChI=1S/C13H12BrN5O4/c14-9-3-1-2-4-10(9)17-12(20)5-15-13(21)7-18-6-11(16-8-18)19(22)23/h1-4,6,8H,5,7H2,(H,15,21)(H,17,20). The van der Waals surface area contributed by atoms with Gasteiger partial charge in [-0.05, 0) is 38.0 Å². The van der Waals surface area contributed by atoms with Gasteiger partial charge in [-0.2, -0.15) is 0 Å². The Hall–Kier alpha value is -2.75. The maximum absolute atomic E-state index is 11.8. The summed E-state index contributed by atoms with van der Waals surface area (Å²) in [4.78, 5) is 36.8. The van der Waals surface area contributed by atoms with Crippen LogP contribution in [0.3, 0.4) is 0 Å². The van der Waals surface area contributed by atoms with Gasteiger partial charge >= 0.3 is 5.82 Å². The van der Waals surface area contributed by atoms with Gasteiger partial charge in [0.2, 0.25) is 18.1 Å². The summed E-state index contributed by atoms with van der Waals surface area (Å²) >= 11 is 3.30. The lowest BCUT2D eigenvalue weighted by molar-refractivity contribution is -0.389. The molecule has 0 fully saturated rings. The highest BCUT2D eigenvalue weighted by atomic mass is 79.9. The number of imidazole rings is 1. The largest absolute Gasteiger partial charge is 0.381 e. The summed E-state index contributed by atoms with van der Waals surface area (Å²) in [5.74, 6) is -1.19. The monoisotopic (exact) mass is 381 g/mol. The second-order valence-corrected chi connectivity index (χ2v) is 5.32. The van der Waals surface area contributed by atoms with Crippen molar-refractivity contribution < 1.29 is 14.5 Å². The van der Waals surface area contributed by atoms with Crippen LogP contribution in [0.1, 0.15) is 0 Å². The highest BCUT2D eigenvalue weighted by Crippen LogP contribution is 2.20. The SMILES string of the molecule is O=C(Cn1cnc([N+](=O)[O-])c1)NCC(=O)Nc1ccccc1Br. The number of nitrogens with zero attached hydrogens (tertiary/aromatic N) is 3. The number of carbonyl (C=O) groups excluding carboxylic acids is 2. The molecule has 2 aromatic rings. The van der Waals surface area contributed by atoms with Crippen LogP contribution in [0.25, 0.3) is 0 Å². The highest BCUT2D eigenvalue weighted by molar-refractivity contribution is 9.10. The Bertz CT molecular complexity index is 745. The van der Waals surface area contributed by atoms with Gasteiger partial charge in [-0.15, -0.1) is 0 Å². The third-order valence-corrected chi connectivity index (χ3v) is 3.42. The maximum Gasteiger partial charge on any atom is 0.381 e. The van der Waals surface area contributed by atoms with E-state index in [-0.39, 0.29) is 24.8 Å². The summed E-state index contributed by atoms with van der Waals surface area (Å²) in [6, 6.07) is 7.07. The number of amides is 2. The van der Waals surface area contributed by atoms with E-state index < -0.39 is 10.8 Å². The summed E-state index contributed by atoms with van der Waals surface area (Å²) in [7, 11) is 0. The van der Waals surface area contributed by atoms with Gasteiger partial charge in [-0.3, -0.25) is 9.59 Å². The Balaban J connectivity index is 1.80. The molecule has 10 heteroatoms. The molecule has 0 aliphatic heterocycles. The molecule has 120 valence electrons. The molecule has 0 saturated carbocycles. The zero-order valence-corrected chi connectivity index (χ0v) is 13.3. The number of aromatic nitrogens is 2. The fourth-order valence-corrected chi connectivity index (χ4v) is 2.07. The second kappa shape index (κ2) is 7.49. The first kappa shape index (κ1) is 16.6. The zero-order valence-electron chi connectivity index (χ0n) is 11.7. The molecule has 9 nitrogen and oxygen atoms in total. The highest BCUT2D eigenvalue weighted by Gasteiger charge is 2.13. The van der Waals surface area contributed by atoms with Crippen LogP contribution in [0.4, 0.5) is 11.5 Å². The van der Waals surface area contributed by atoms with Gasteiger partial charge < -0.3 is 25.3 Å². The van der Waals surface area contributed by atoms with Crippen molar-refractivity contribution in [2.75, 3.05) is 11.9 Å². The Morgan fingerprint density at radius 1 is 1.30 bits per heavy atom. The molecule has 23 heavy (non-hydrogen) atoms. The van der Waals surface area contributed by atoms with Crippen LogP contribution in [0.15, 0.2) is 41.3 Å². The molecule has 0 atom stereocenters. The summed E-state index contributed by atoms with van der Waals surface area (Å²) in [5, 5.41) is 15.6. The van der Waals surface area contributed by atoms with Crippen LogP contribution < -0.4 is 10.6 Å². The number of benzene rings is 1. The quantitative estimate of drug-likeness (QED) is 0.577. The van der Waals surface area contributed by atoms with E-state index in [9.17, 15) is 19.7 Å². The van der Waals surface area contributed by atoms with E-state index in [0.29, 0.717) is 5.69 Å². The van der Waals surface area contributed by atoms with E-state index >= 15 is 0 Å². The fraction of sp³-hybridized carbons (Fsp3) is 0.154. The fourth-order valence-electron chi connectivity index (χ4n) is 1.69. The van der Waals surface area contributed by atoms with Crippen molar-refractivity contribution >= 4 is 39.2 Å². The number of para-hydroxylation sites is 1. The van der Waals surface area contributed by atoms with Crippen molar-refractivity contribution in [2.24, 2.45) is 0 Å². The Morgan fingerprint density at radius 2 is 2.04 bits per heavy atom. The molecule has 0 unspecified atom stereocenters. The number of halogens is 1. The number of rotatable bonds is 6. The minimum Gasteiger partial charge on any atom is -0.358 e. The summed E-state index contributed by atoms with van der Waals surface area (Å²) < 4.78 is 1.99. The molecule has 2 N–H and O–H groups in total. The molecule has 2 amide bonds. The predicted octanol–water partition coefficient (Wildman–Crippen LogP) is 1.31. The van der Waals surface area contributed by atoms with Gasteiger partial charge in [0.25, 0.3) is 0 Å². The topological polar surface area (TPSA) is 119 Å². The van der Waals surface area contributed by atoms with E-state index in [0.717, 1.165) is 10.7 Å². The van der Waals surface area contributed by atoms with Crippen LogP contribution in [-0.4, -0.2) is 32.8 Å². The van der Waals surface area contributed by atoms with Gasteiger partial charge in [-0.1, -0.05) is 12.1 Å². The lowest BCUT2D eigenvalue weighted by Crippen LogP contribution is -2.34. The third kappa shape index (κ3) is 4.88. The number of nitro groups is 1. The predicted molar refractivity (Wildman–Crippen MR) is 84.7 cm³/mol. The average molecular weight is 382 g/mol. The minimum absolute atomic E-state index is 0.164. The molecule has 1 heterocycles. The molecule has 2 rings (SSSR count). The molecule has 0 bridgehead atoms. The van der Waals surface area contributed by atoms with Crippen molar-refractivity contribution in [3.05, 3.63) is 51.4 Å². The molecule has 0 radical (unpaired) electrons. The molecule has 0 aliphatic carbocycles. The molecule has 0 spiro atoms. The van der Waals surface area contributed by atoms with Crippen molar-refractivity contribution in [1.82, 2.24) is 14.9 Å². The van der Waals surface area contributed by atoms with E-state index in [2.05, 4.69) is 31.5 Å². The van der Waals surface area contributed by atoms with Crippen LogP contribution in [0, 0.1) is 10.1 Å². The molecule has 1 aromatic carbocycles. The number of hydrogen-bond acceptors (Lipinski definition) is 5. The van der Waals surface area contributed by atoms with E-state index in [4.69, 9.17) is 0 Å². The zero-order chi connectivity index (χ0) is 16.8. The van der Waals surface area contributed by atoms with Gasteiger partial charge in [0, 0.05) is 4.47 Å². The molecular weight excluding hydrogens is 370 g/mol. The van der Waals surface area contributed by atoms with Gasteiger partial charge in [0.1, 0.15) is 12.7 Å². The third-order valence-electron chi connectivity index (χ3n) is 2.73. The van der Waals surface area contributed by atoms with Gasteiger partial charge in [0.05, 0.1) is 12.2 Å². The normalized spacial score (nSPS) is 10.1. The lowest BCUT2D eigenvalue weighted by atomic mass is 10.3. The Kier molecular flexibility index (Phi) is 5.41. The lowest BCUT2D eigenvalue weighted by Gasteiger charge is -2.08. The van der Waals surface area contributed by atoms with Crippen LogP contribution in [-0.2, 0) is 16.1 Å². The Labute approximate surface area is 139 Å². The molecular formula is C13H12BrN5O4. The summed E-state index contributed by atoms with van der Waals surface area (Å²) in [6.45, 7) is -0.375. The minimum atomic E-state index is -0.653. The van der Waals surface area contributed by atoms with Crippen LogP contribution in [0.5, 0.6) is 0 Å². The van der Waals surface area contributed by atoms with Crippen molar-refractivity contribution in [3.8, 4) is 0 Å². The van der Waals surface area contributed by atoms with Crippen LogP contribution >= 0.6 is 15.9 Å². The maximum atomic E-state index is 11.8. The number of nitrogens with one attached hydrogen (secondary N) is 2. The van der Waals surface area contributed by atoms with Crippen LogP contribution in [0.2, 0.25) is 0 Å². The molecule has 0 saturated heterocycles. The van der Waals surface area contributed by atoms with Gasteiger partial charge in [0.15, 0.2) is 0 Å². The van der Waals surface area contributed by atoms with E-state index in [1.807, 2.05) is 6.07 Å². The molecule has 1 aromatic heterocycles. The summed E-state index contributed by atoms with van der Waals surface area (Å²) in [5.41, 5.74) is 0.594. The number of carbonyl (C=O) groups is 2. The smallest absolute Gasteiger partial charge is 0.358 e. The van der Waals surface area contributed by atoms with Crippen molar-refractivity contribution in [2.45, 2.75) is 6.54 Å². The van der Waals surface area contributed by atoms with E-state index in [1.165, 1.54) is 10.9 Å². The second-order valence-electron chi connectivity index (χ2n) is 4.47.